The summed E-state index contributed by atoms with van der Waals surface area (Å²) in [6.45, 7) is 13.9. The number of allylic oxidation sites excluding steroid dienone is 4. The maximum Gasteiger partial charge on any atom is 0.109 e. The minimum Gasteiger partial charge on any atom is -0.300 e. The van der Waals surface area contributed by atoms with E-state index in [1.807, 2.05) is 0 Å². The van der Waals surface area contributed by atoms with E-state index in [-0.39, 0.29) is 0 Å². The zero-order valence-electron chi connectivity index (χ0n) is 22.6. The lowest BCUT2D eigenvalue weighted by Gasteiger charge is -2.45. The minimum absolute atomic E-state index is 0.329. The van der Waals surface area contributed by atoms with E-state index in [0.717, 1.165) is 44.7 Å². The molecule has 1 aliphatic heterocycles. The van der Waals surface area contributed by atoms with Crippen molar-refractivity contribution >= 4 is 0 Å². The van der Waals surface area contributed by atoms with Gasteiger partial charge in [0.2, 0.25) is 0 Å². The molecule has 2 aliphatic carbocycles. The number of hydrogen-bond acceptors (Lipinski definition) is 2. The largest absolute Gasteiger partial charge is 0.300 e. The van der Waals surface area contributed by atoms with Gasteiger partial charge < -0.3 is 4.90 Å². The second kappa shape index (κ2) is 11.6. The van der Waals surface area contributed by atoms with Gasteiger partial charge in [0.25, 0.3) is 0 Å². The van der Waals surface area contributed by atoms with Crippen molar-refractivity contribution in [2.75, 3.05) is 32.7 Å². The second-order valence-electron chi connectivity index (χ2n) is 12.1. The van der Waals surface area contributed by atoms with Gasteiger partial charge in [0.15, 0.2) is 0 Å². The van der Waals surface area contributed by atoms with Crippen molar-refractivity contribution in [1.29, 1.82) is 0 Å². The fourth-order valence-electron chi connectivity index (χ4n) is 6.55. The highest BCUT2D eigenvalue weighted by Gasteiger charge is 2.38. The Hall–Kier alpha value is -1.71. The van der Waals surface area contributed by atoms with E-state index in [4.69, 9.17) is 0 Å². The molecule has 2 fully saturated rings. The van der Waals surface area contributed by atoms with Crippen LogP contribution in [0.4, 0.5) is 4.39 Å². The van der Waals surface area contributed by atoms with Gasteiger partial charge in [0, 0.05) is 51.1 Å². The SMILES string of the molecule is CC(C1=CCC=CC=C1)N1CCN(CC(c2cccc(CC(C)(C)F)c2)C2(C)CCCCC2)CC1. The quantitative estimate of drug-likeness (QED) is 0.382. The molecular weight excluding hydrogens is 431 g/mol. The maximum absolute atomic E-state index is 14.4. The van der Waals surface area contributed by atoms with Gasteiger partial charge in [-0.2, -0.15) is 0 Å². The first-order chi connectivity index (χ1) is 16.7. The molecule has 0 bridgehead atoms. The third-order valence-electron chi connectivity index (χ3n) is 8.72. The Balaban J connectivity index is 1.46. The molecule has 0 amide bonds. The monoisotopic (exact) mass is 478 g/mol. The summed E-state index contributed by atoms with van der Waals surface area (Å²) < 4.78 is 14.4. The van der Waals surface area contributed by atoms with Crippen molar-refractivity contribution in [3.05, 3.63) is 71.3 Å². The van der Waals surface area contributed by atoms with Crippen LogP contribution in [0.25, 0.3) is 0 Å². The molecule has 192 valence electrons. The molecule has 2 unspecified atom stereocenters. The number of nitrogens with zero attached hydrogens (tertiary/aromatic N) is 2. The van der Waals surface area contributed by atoms with Crippen LogP contribution in [0.2, 0.25) is 0 Å². The molecule has 1 aromatic carbocycles. The lowest BCUT2D eigenvalue weighted by atomic mass is 9.64. The highest BCUT2D eigenvalue weighted by atomic mass is 19.1. The van der Waals surface area contributed by atoms with E-state index < -0.39 is 5.67 Å². The normalized spacial score (nSPS) is 23.5. The van der Waals surface area contributed by atoms with Crippen molar-refractivity contribution in [3.63, 3.8) is 0 Å². The molecule has 1 saturated carbocycles. The van der Waals surface area contributed by atoms with Crippen LogP contribution < -0.4 is 0 Å². The van der Waals surface area contributed by atoms with Crippen molar-refractivity contribution in [3.8, 4) is 0 Å². The third kappa shape index (κ3) is 7.17. The smallest absolute Gasteiger partial charge is 0.109 e. The van der Waals surface area contributed by atoms with E-state index >= 15 is 0 Å². The molecule has 1 saturated heterocycles. The summed E-state index contributed by atoms with van der Waals surface area (Å²) in [5, 5.41) is 0. The number of benzene rings is 1. The van der Waals surface area contributed by atoms with Crippen LogP contribution in [0, 0.1) is 5.41 Å². The van der Waals surface area contributed by atoms with Crippen molar-refractivity contribution in [2.45, 2.75) is 90.3 Å². The van der Waals surface area contributed by atoms with E-state index in [1.54, 1.807) is 13.8 Å². The Morgan fingerprint density at radius 3 is 2.49 bits per heavy atom. The van der Waals surface area contributed by atoms with Crippen LogP contribution >= 0.6 is 0 Å². The lowest BCUT2D eigenvalue weighted by molar-refractivity contribution is 0.0782. The van der Waals surface area contributed by atoms with Gasteiger partial charge in [-0.25, -0.2) is 4.39 Å². The van der Waals surface area contributed by atoms with Crippen LogP contribution in [0.15, 0.2) is 60.2 Å². The number of halogens is 1. The van der Waals surface area contributed by atoms with E-state index in [0.29, 0.717) is 23.8 Å². The highest BCUT2D eigenvalue weighted by Crippen LogP contribution is 2.47. The number of rotatable bonds is 8. The van der Waals surface area contributed by atoms with Crippen molar-refractivity contribution < 1.29 is 4.39 Å². The standard InChI is InChI=1S/C32H47FN2/c1-26(28-14-8-5-6-9-15-28)35-21-19-34(20-22-35)25-30(32(4)17-10-7-11-18-32)29-16-12-13-27(23-29)24-31(2,3)33/h5-6,8,12-16,23,26,30H,7,9-11,17-22,24-25H2,1-4H3. The van der Waals surface area contributed by atoms with Gasteiger partial charge in [-0.1, -0.05) is 80.8 Å². The van der Waals surface area contributed by atoms with Crippen LogP contribution in [-0.4, -0.2) is 54.2 Å². The van der Waals surface area contributed by atoms with Gasteiger partial charge >= 0.3 is 0 Å². The van der Waals surface area contributed by atoms with Gasteiger partial charge in [-0.3, -0.25) is 4.90 Å². The molecule has 4 rings (SSSR count). The topological polar surface area (TPSA) is 6.48 Å². The van der Waals surface area contributed by atoms with Gasteiger partial charge in [0.1, 0.15) is 5.67 Å². The molecule has 2 atom stereocenters. The van der Waals surface area contributed by atoms with E-state index in [1.165, 1.54) is 43.2 Å². The van der Waals surface area contributed by atoms with Crippen molar-refractivity contribution in [1.82, 2.24) is 9.80 Å². The maximum atomic E-state index is 14.4. The first kappa shape index (κ1) is 26.4. The fraction of sp³-hybridized carbons (Fsp3) is 0.625. The van der Waals surface area contributed by atoms with Crippen LogP contribution in [-0.2, 0) is 6.42 Å². The fourth-order valence-corrected chi connectivity index (χ4v) is 6.55. The first-order valence-electron chi connectivity index (χ1n) is 14.0. The average molecular weight is 479 g/mol. The van der Waals surface area contributed by atoms with Crippen molar-refractivity contribution in [2.24, 2.45) is 5.41 Å². The van der Waals surface area contributed by atoms with Crippen LogP contribution in [0.5, 0.6) is 0 Å². The number of piperazine rings is 1. The summed E-state index contributed by atoms with van der Waals surface area (Å²) >= 11 is 0. The summed E-state index contributed by atoms with van der Waals surface area (Å²) in [5.41, 5.74) is 3.16. The molecule has 3 aliphatic rings. The van der Waals surface area contributed by atoms with Gasteiger partial charge in [-0.15, -0.1) is 0 Å². The number of hydrogen-bond donors (Lipinski definition) is 0. The Morgan fingerprint density at radius 1 is 1.03 bits per heavy atom. The molecule has 0 radical (unpaired) electrons. The molecule has 2 nitrogen and oxygen atoms in total. The molecule has 0 aromatic heterocycles. The summed E-state index contributed by atoms with van der Waals surface area (Å²) in [7, 11) is 0. The summed E-state index contributed by atoms with van der Waals surface area (Å²) in [6.07, 6.45) is 19.4. The third-order valence-corrected chi connectivity index (χ3v) is 8.72. The molecule has 3 heteroatoms. The Morgan fingerprint density at radius 2 is 1.77 bits per heavy atom. The Labute approximate surface area is 214 Å². The highest BCUT2D eigenvalue weighted by molar-refractivity contribution is 5.31. The molecule has 0 N–H and O–H groups in total. The zero-order chi connectivity index (χ0) is 24.9. The molecule has 1 aromatic rings. The van der Waals surface area contributed by atoms with Crippen LogP contribution in [0.3, 0.4) is 0 Å². The second-order valence-corrected chi connectivity index (χ2v) is 12.1. The lowest BCUT2D eigenvalue weighted by Crippen LogP contribution is -2.51. The number of alkyl halides is 1. The minimum atomic E-state index is -1.17. The average Bonchev–Trinajstić information content (AvgIpc) is 3.12. The summed E-state index contributed by atoms with van der Waals surface area (Å²) in [6, 6.07) is 9.38. The van der Waals surface area contributed by atoms with Gasteiger partial charge in [0.05, 0.1) is 0 Å². The van der Waals surface area contributed by atoms with Crippen LogP contribution in [0.1, 0.15) is 83.3 Å². The summed E-state index contributed by atoms with van der Waals surface area (Å²) in [4.78, 5) is 5.36. The summed E-state index contributed by atoms with van der Waals surface area (Å²) in [5.74, 6) is 0.507. The van der Waals surface area contributed by atoms with E-state index in [9.17, 15) is 4.39 Å². The first-order valence-corrected chi connectivity index (χ1v) is 14.0. The van der Waals surface area contributed by atoms with E-state index in [2.05, 4.69) is 78.3 Å². The molecule has 0 spiro atoms. The molecular formula is C32H47FN2. The van der Waals surface area contributed by atoms with Gasteiger partial charge in [-0.05, 0) is 62.1 Å². The Bertz CT molecular complexity index is 908. The Kier molecular flexibility index (Phi) is 8.71. The zero-order valence-corrected chi connectivity index (χ0v) is 22.6. The predicted octanol–water partition coefficient (Wildman–Crippen LogP) is 7.48. The molecule has 1 heterocycles. The predicted molar refractivity (Wildman–Crippen MR) is 148 cm³/mol. The molecule has 35 heavy (non-hydrogen) atoms.